The third-order valence-electron chi connectivity index (χ3n) is 4.91. The largest absolute Gasteiger partial charge is 0.327 e. The molecule has 5 nitrogen and oxygen atoms in total. The SMILES string of the molecule is CN(CCc1ccccc1)C(=O)Nc1ccc2c(c1)-c1ccccc1S2(=O)=O. The van der Waals surface area contributed by atoms with Gasteiger partial charge in [0.1, 0.15) is 0 Å². The van der Waals surface area contributed by atoms with Gasteiger partial charge >= 0.3 is 6.03 Å². The first kappa shape index (κ1) is 18.3. The van der Waals surface area contributed by atoms with Crippen molar-refractivity contribution in [3.63, 3.8) is 0 Å². The fraction of sp³-hybridized carbons (Fsp3) is 0.136. The summed E-state index contributed by atoms with van der Waals surface area (Å²) in [5, 5.41) is 2.86. The van der Waals surface area contributed by atoms with Gasteiger partial charge < -0.3 is 10.2 Å². The van der Waals surface area contributed by atoms with E-state index in [1.165, 1.54) is 5.56 Å². The van der Waals surface area contributed by atoms with Crippen LogP contribution in [0.3, 0.4) is 0 Å². The van der Waals surface area contributed by atoms with E-state index in [2.05, 4.69) is 5.32 Å². The number of nitrogens with zero attached hydrogens (tertiary/aromatic N) is 1. The van der Waals surface area contributed by atoms with Crippen molar-refractivity contribution in [2.45, 2.75) is 16.2 Å². The number of urea groups is 1. The minimum absolute atomic E-state index is 0.231. The van der Waals surface area contributed by atoms with Gasteiger partial charge in [0.05, 0.1) is 9.79 Å². The summed E-state index contributed by atoms with van der Waals surface area (Å²) < 4.78 is 25.3. The van der Waals surface area contributed by atoms with Gasteiger partial charge in [-0.05, 0) is 36.2 Å². The number of benzene rings is 3. The summed E-state index contributed by atoms with van der Waals surface area (Å²) in [7, 11) is -1.75. The van der Waals surface area contributed by atoms with E-state index < -0.39 is 9.84 Å². The van der Waals surface area contributed by atoms with E-state index in [-0.39, 0.29) is 10.9 Å². The van der Waals surface area contributed by atoms with Crippen molar-refractivity contribution in [1.29, 1.82) is 0 Å². The Morgan fingerprint density at radius 2 is 1.57 bits per heavy atom. The standard InChI is InChI=1S/C22H20N2O3S/c1-24(14-13-16-7-3-2-4-8-16)22(25)23-17-11-12-21-19(15-17)18-9-5-6-10-20(18)28(21,26)27/h2-12,15H,13-14H2,1H3,(H,23,25). The molecule has 0 spiro atoms. The van der Waals surface area contributed by atoms with Crippen molar-refractivity contribution < 1.29 is 13.2 Å². The molecule has 1 aliphatic rings. The number of hydrogen-bond acceptors (Lipinski definition) is 3. The van der Waals surface area contributed by atoms with Crippen LogP contribution < -0.4 is 5.32 Å². The van der Waals surface area contributed by atoms with Gasteiger partial charge in [0.2, 0.25) is 9.84 Å². The Morgan fingerprint density at radius 1 is 0.893 bits per heavy atom. The summed E-state index contributed by atoms with van der Waals surface area (Å²) >= 11 is 0. The topological polar surface area (TPSA) is 66.5 Å². The van der Waals surface area contributed by atoms with Crippen molar-refractivity contribution in [2.24, 2.45) is 0 Å². The molecule has 0 radical (unpaired) electrons. The zero-order valence-electron chi connectivity index (χ0n) is 15.4. The molecule has 0 unspecified atom stereocenters. The number of hydrogen-bond donors (Lipinski definition) is 1. The number of anilines is 1. The molecule has 0 aromatic heterocycles. The molecule has 0 aliphatic carbocycles. The lowest BCUT2D eigenvalue weighted by atomic mass is 10.1. The zero-order valence-corrected chi connectivity index (χ0v) is 16.2. The van der Waals surface area contributed by atoms with Crippen LogP contribution in [0.4, 0.5) is 10.5 Å². The predicted octanol–water partition coefficient (Wildman–Crippen LogP) is 4.21. The third kappa shape index (κ3) is 3.27. The second-order valence-corrected chi connectivity index (χ2v) is 8.68. The summed E-state index contributed by atoms with van der Waals surface area (Å²) in [6.45, 7) is 0.581. The monoisotopic (exact) mass is 392 g/mol. The van der Waals surface area contributed by atoms with Gasteiger partial charge in [0.25, 0.3) is 0 Å². The van der Waals surface area contributed by atoms with E-state index in [9.17, 15) is 13.2 Å². The molecule has 142 valence electrons. The number of carbonyl (C=O) groups is 1. The predicted molar refractivity (Wildman–Crippen MR) is 109 cm³/mol. The van der Waals surface area contributed by atoms with Gasteiger partial charge in [-0.2, -0.15) is 0 Å². The molecule has 3 aromatic carbocycles. The lowest BCUT2D eigenvalue weighted by Crippen LogP contribution is -2.33. The van der Waals surface area contributed by atoms with E-state index in [4.69, 9.17) is 0 Å². The lowest BCUT2D eigenvalue weighted by Gasteiger charge is -2.18. The highest BCUT2D eigenvalue weighted by Crippen LogP contribution is 2.43. The number of carbonyl (C=O) groups excluding carboxylic acids is 1. The number of amides is 2. The maximum absolute atomic E-state index is 12.6. The molecular weight excluding hydrogens is 372 g/mol. The van der Waals surface area contributed by atoms with E-state index in [0.717, 1.165) is 6.42 Å². The number of nitrogens with one attached hydrogen (secondary N) is 1. The average Bonchev–Trinajstić information content (AvgIpc) is 2.94. The number of sulfone groups is 1. The fourth-order valence-electron chi connectivity index (χ4n) is 3.36. The first-order valence-corrected chi connectivity index (χ1v) is 10.5. The van der Waals surface area contributed by atoms with Crippen LogP contribution in [0.1, 0.15) is 5.56 Å². The van der Waals surface area contributed by atoms with E-state index in [0.29, 0.717) is 28.3 Å². The van der Waals surface area contributed by atoms with Crippen molar-refractivity contribution in [3.8, 4) is 11.1 Å². The Kier molecular flexibility index (Phi) is 4.65. The van der Waals surface area contributed by atoms with Crippen LogP contribution in [-0.4, -0.2) is 32.9 Å². The van der Waals surface area contributed by atoms with Gasteiger partial charge in [0, 0.05) is 30.4 Å². The van der Waals surface area contributed by atoms with Crippen molar-refractivity contribution >= 4 is 21.6 Å². The molecule has 0 atom stereocenters. The second kappa shape index (κ2) is 7.13. The average molecular weight is 392 g/mol. The maximum atomic E-state index is 12.6. The van der Waals surface area contributed by atoms with Crippen LogP contribution in [-0.2, 0) is 16.3 Å². The summed E-state index contributed by atoms with van der Waals surface area (Å²) in [4.78, 5) is 14.7. The Morgan fingerprint density at radius 3 is 2.36 bits per heavy atom. The molecule has 0 bridgehead atoms. The van der Waals surface area contributed by atoms with Gasteiger partial charge in [-0.25, -0.2) is 13.2 Å². The van der Waals surface area contributed by atoms with Crippen LogP contribution in [0, 0.1) is 0 Å². The first-order valence-electron chi connectivity index (χ1n) is 9.01. The molecule has 4 rings (SSSR count). The number of fused-ring (bicyclic) bond motifs is 3. The molecule has 3 aromatic rings. The van der Waals surface area contributed by atoms with Gasteiger partial charge in [0.15, 0.2) is 0 Å². The zero-order chi connectivity index (χ0) is 19.7. The quantitative estimate of drug-likeness (QED) is 0.566. The molecule has 0 saturated heterocycles. The molecular formula is C22H20N2O3S. The third-order valence-corrected chi connectivity index (χ3v) is 6.78. The van der Waals surface area contributed by atoms with Gasteiger partial charge in [-0.15, -0.1) is 0 Å². The van der Waals surface area contributed by atoms with Crippen molar-refractivity contribution in [2.75, 3.05) is 18.9 Å². The Labute approximate surface area is 164 Å². The summed E-state index contributed by atoms with van der Waals surface area (Å²) in [5.41, 5.74) is 3.04. The van der Waals surface area contributed by atoms with E-state index in [1.807, 2.05) is 36.4 Å². The highest BCUT2D eigenvalue weighted by Gasteiger charge is 2.32. The van der Waals surface area contributed by atoms with Crippen LogP contribution in [0.2, 0.25) is 0 Å². The highest BCUT2D eigenvalue weighted by atomic mass is 32.2. The lowest BCUT2D eigenvalue weighted by molar-refractivity contribution is 0.223. The summed E-state index contributed by atoms with van der Waals surface area (Å²) in [6, 6.07) is 21.6. The number of likely N-dealkylation sites (N-methyl/N-ethyl adjacent to an activating group) is 1. The van der Waals surface area contributed by atoms with Crippen LogP contribution in [0.15, 0.2) is 82.6 Å². The summed E-state index contributed by atoms with van der Waals surface area (Å²) in [5.74, 6) is 0. The smallest absolute Gasteiger partial charge is 0.321 e. The second-order valence-electron chi connectivity index (χ2n) is 6.80. The van der Waals surface area contributed by atoms with Gasteiger partial charge in [-0.1, -0.05) is 48.5 Å². The van der Waals surface area contributed by atoms with Crippen LogP contribution >= 0.6 is 0 Å². The minimum Gasteiger partial charge on any atom is -0.327 e. The molecule has 1 N–H and O–H groups in total. The van der Waals surface area contributed by atoms with Crippen molar-refractivity contribution in [3.05, 3.63) is 78.4 Å². The first-order chi connectivity index (χ1) is 13.5. The molecule has 6 heteroatoms. The number of rotatable bonds is 4. The Bertz CT molecular complexity index is 1140. The fourth-order valence-corrected chi connectivity index (χ4v) is 5.02. The molecule has 28 heavy (non-hydrogen) atoms. The molecule has 2 amide bonds. The summed E-state index contributed by atoms with van der Waals surface area (Å²) in [6.07, 6.45) is 0.764. The molecule has 0 fully saturated rings. The van der Waals surface area contributed by atoms with Crippen molar-refractivity contribution in [1.82, 2.24) is 4.90 Å². The normalized spacial score (nSPS) is 13.5. The molecule has 1 aliphatic heterocycles. The van der Waals surface area contributed by atoms with E-state index >= 15 is 0 Å². The molecule has 0 saturated carbocycles. The van der Waals surface area contributed by atoms with Gasteiger partial charge in [-0.3, -0.25) is 0 Å². The van der Waals surface area contributed by atoms with E-state index in [1.54, 1.807) is 48.3 Å². The highest BCUT2D eigenvalue weighted by molar-refractivity contribution is 7.92. The Hall–Kier alpha value is -3.12. The Balaban J connectivity index is 1.50. The maximum Gasteiger partial charge on any atom is 0.321 e. The molecule has 1 heterocycles. The minimum atomic E-state index is -3.49. The van der Waals surface area contributed by atoms with Crippen LogP contribution in [0.25, 0.3) is 11.1 Å². The van der Waals surface area contributed by atoms with Crippen LogP contribution in [0.5, 0.6) is 0 Å².